The van der Waals surface area contributed by atoms with E-state index in [1.807, 2.05) is 76.2 Å². The Kier molecular flexibility index (Phi) is 8.43. The summed E-state index contributed by atoms with van der Waals surface area (Å²) in [6.45, 7) is 8.00. The van der Waals surface area contributed by atoms with Crippen molar-refractivity contribution in [2.75, 3.05) is 10.6 Å². The van der Waals surface area contributed by atoms with Gasteiger partial charge in [-0.05, 0) is 30.3 Å². The third kappa shape index (κ3) is 6.10. The number of amides is 1. The lowest BCUT2D eigenvalue weighted by Gasteiger charge is -2.07. The monoisotopic (exact) mass is 340 g/mol. The Hall–Kier alpha value is -3.15. The molecule has 0 atom stereocenters. The molecule has 0 fully saturated rings. The molecule has 3 aromatic rings. The first kappa shape index (κ1) is 19.9. The van der Waals surface area contributed by atoms with Crippen LogP contribution in [0.3, 0.4) is 0 Å². The Bertz CT molecular complexity index is 792. The van der Waals surface area contributed by atoms with Crippen molar-refractivity contribution in [3.8, 4) is 0 Å². The van der Waals surface area contributed by atoms with Gasteiger partial charge in [-0.15, -0.1) is 0 Å². The molecule has 0 unspecified atom stereocenters. The number of nitrogens with one attached hydrogen (secondary N) is 2. The molecule has 0 saturated heterocycles. The maximum atomic E-state index is 10.6. The topological polar surface area (TPSA) is 87.1 Å². The van der Waals surface area contributed by atoms with Crippen LogP contribution in [0.1, 0.15) is 27.7 Å². The Morgan fingerprint density at radius 2 is 1.60 bits per heavy atom. The molecule has 0 saturated carbocycles. The summed E-state index contributed by atoms with van der Waals surface area (Å²) in [6.07, 6.45) is 0.225. The maximum absolute atomic E-state index is 10.6. The van der Waals surface area contributed by atoms with E-state index in [9.17, 15) is 4.79 Å². The Morgan fingerprint density at radius 3 is 2.24 bits per heavy atom. The van der Waals surface area contributed by atoms with Gasteiger partial charge in [0.2, 0.25) is 0 Å². The highest BCUT2D eigenvalue weighted by molar-refractivity contribution is 5.85. The third-order valence-electron chi connectivity index (χ3n) is 2.84. The first-order valence-electron chi connectivity index (χ1n) is 8.29. The number of fused-ring (bicyclic) bond motifs is 1. The van der Waals surface area contributed by atoms with E-state index in [4.69, 9.17) is 5.11 Å². The summed E-state index contributed by atoms with van der Waals surface area (Å²) in [5.41, 5.74) is 3.13. The number of para-hydroxylation sites is 1. The summed E-state index contributed by atoms with van der Waals surface area (Å²) in [6, 6.07) is 15.3. The van der Waals surface area contributed by atoms with Crippen LogP contribution in [0.25, 0.3) is 11.0 Å². The number of carboxylic acid groups (broad SMARTS) is 1. The highest BCUT2D eigenvalue weighted by Crippen LogP contribution is 2.21. The molecule has 3 N–H and O–H groups in total. The van der Waals surface area contributed by atoms with Crippen molar-refractivity contribution in [2.45, 2.75) is 27.7 Å². The molecular weight excluding hydrogens is 316 g/mol. The molecule has 1 heterocycles. The lowest BCUT2D eigenvalue weighted by molar-refractivity contribution is 0.209. The summed E-state index contributed by atoms with van der Waals surface area (Å²) in [5, 5.41) is 14.1. The summed E-state index contributed by atoms with van der Waals surface area (Å²) < 4.78 is 0. The van der Waals surface area contributed by atoms with Crippen LogP contribution < -0.4 is 10.6 Å². The van der Waals surface area contributed by atoms with Crippen LogP contribution in [-0.4, -0.2) is 21.2 Å². The quantitative estimate of drug-likeness (QED) is 0.584. The molecule has 0 bridgehead atoms. The van der Waals surface area contributed by atoms with E-state index in [0.29, 0.717) is 11.0 Å². The summed E-state index contributed by atoms with van der Waals surface area (Å²) in [5.74, 6) is 0.201. The molecule has 1 aromatic heterocycles. The minimum Gasteiger partial charge on any atom is -0.465 e. The highest BCUT2D eigenvalue weighted by Gasteiger charge is 2.04. The Morgan fingerprint density at radius 1 is 0.920 bits per heavy atom. The fourth-order valence-electron chi connectivity index (χ4n) is 1.95. The molecule has 2 aromatic carbocycles. The van der Waals surface area contributed by atoms with E-state index in [-0.39, 0.29) is 5.82 Å². The van der Waals surface area contributed by atoms with Gasteiger partial charge in [-0.2, -0.15) is 0 Å². The zero-order chi connectivity index (χ0) is 18.7. The lowest BCUT2D eigenvalue weighted by Crippen LogP contribution is -2.09. The average molecular weight is 340 g/mol. The number of hydrogen-bond donors (Lipinski definition) is 3. The van der Waals surface area contributed by atoms with Crippen molar-refractivity contribution in [3.05, 3.63) is 54.7 Å². The summed E-state index contributed by atoms with van der Waals surface area (Å²) in [7, 11) is 0. The van der Waals surface area contributed by atoms with Gasteiger partial charge in [-0.25, -0.2) is 9.78 Å². The normalized spacial score (nSPS) is 9.12. The molecule has 0 radical (unpaired) electrons. The van der Waals surface area contributed by atoms with Crippen molar-refractivity contribution in [2.24, 2.45) is 0 Å². The number of rotatable bonds is 3. The molecule has 0 aliphatic carbocycles. The molecule has 0 aliphatic heterocycles. The number of anilines is 3. The van der Waals surface area contributed by atoms with Gasteiger partial charge in [0.1, 0.15) is 0 Å². The number of nitrogens with zero attached hydrogens (tertiary/aromatic N) is 2. The fraction of sp³-hybridized carbons (Fsp3) is 0.211. The second kappa shape index (κ2) is 10.6. The van der Waals surface area contributed by atoms with E-state index in [1.54, 1.807) is 0 Å². The van der Waals surface area contributed by atoms with Gasteiger partial charge in [0, 0.05) is 11.4 Å². The predicted octanol–water partition coefficient (Wildman–Crippen LogP) is 5.52. The predicted molar refractivity (Wildman–Crippen MR) is 104 cm³/mol. The van der Waals surface area contributed by atoms with Crippen LogP contribution in [0, 0.1) is 0 Å². The van der Waals surface area contributed by atoms with Crippen molar-refractivity contribution in [1.29, 1.82) is 0 Å². The molecule has 6 heteroatoms. The van der Waals surface area contributed by atoms with Crippen LogP contribution in [0.5, 0.6) is 0 Å². The van der Waals surface area contributed by atoms with Gasteiger partial charge >= 0.3 is 6.09 Å². The largest absolute Gasteiger partial charge is 0.465 e. The second-order valence-corrected chi connectivity index (χ2v) is 4.38. The first-order valence-corrected chi connectivity index (χ1v) is 8.29. The minimum absolute atomic E-state index is 0.201. The van der Waals surface area contributed by atoms with Crippen molar-refractivity contribution in [3.63, 3.8) is 0 Å². The van der Waals surface area contributed by atoms with Gasteiger partial charge in [-0.1, -0.05) is 45.9 Å². The van der Waals surface area contributed by atoms with E-state index >= 15 is 0 Å². The zero-order valence-corrected chi connectivity index (χ0v) is 14.9. The third-order valence-corrected chi connectivity index (χ3v) is 2.84. The van der Waals surface area contributed by atoms with Crippen LogP contribution in [0.15, 0.2) is 54.7 Å². The van der Waals surface area contributed by atoms with Gasteiger partial charge in [0.25, 0.3) is 0 Å². The first-order chi connectivity index (χ1) is 12.2. The Labute approximate surface area is 148 Å². The van der Waals surface area contributed by atoms with E-state index in [2.05, 4.69) is 20.6 Å². The minimum atomic E-state index is -1.16. The van der Waals surface area contributed by atoms with Crippen LogP contribution in [-0.2, 0) is 0 Å². The highest BCUT2D eigenvalue weighted by atomic mass is 16.4. The average Bonchev–Trinajstić information content (AvgIpc) is 2.65. The molecule has 0 spiro atoms. The molecule has 6 nitrogen and oxygen atoms in total. The molecule has 1 amide bonds. The van der Waals surface area contributed by atoms with E-state index in [1.165, 1.54) is 6.20 Å². The lowest BCUT2D eigenvalue weighted by atomic mass is 10.2. The van der Waals surface area contributed by atoms with Gasteiger partial charge in [-0.3, -0.25) is 10.3 Å². The van der Waals surface area contributed by atoms with E-state index < -0.39 is 6.09 Å². The second-order valence-electron chi connectivity index (χ2n) is 4.38. The molecule has 25 heavy (non-hydrogen) atoms. The number of benzene rings is 2. The Balaban J connectivity index is 0.000000730. The smallest absolute Gasteiger partial charge is 0.410 e. The van der Waals surface area contributed by atoms with E-state index in [0.717, 1.165) is 11.4 Å². The molecular formula is C19H24N4O2. The zero-order valence-electron chi connectivity index (χ0n) is 14.9. The number of hydrogen-bond acceptors (Lipinski definition) is 4. The number of aromatic nitrogens is 2. The van der Waals surface area contributed by atoms with Gasteiger partial charge < -0.3 is 10.4 Å². The van der Waals surface area contributed by atoms with Gasteiger partial charge in [0.15, 0.2) is 5.82 Å². The summed E-state index contributed by atoms with van der Waals surface area (Å²) >= 11 is 0. The molecule has 3 rings (SSSR count). The van der Waals surface area contributed by atoms with Crippen molar-refractivity contribution in [1.82, 2.24) is 9.97 Å². The van der Waals surface area contributed by atoms with Gasteiger partial charge in [0.05, 0.1) is 17.2 Å². The van der Waals surface area contributed by atoms with Crippen molar-refractivity contribution < 1.29 is 9.90 Å². The van der Waals surface area contributed by atoms with Crippen LogP contribution >= 0.6 is 0 Å². The number of carbonyl (C=O) groups is 1. The fourth-order valence-corrected chi connectivity index (χ4v) is 1.95. The van der Waals surface area contributed by atoms with Crippen LogP contribution in [0.4, 0.5) is 22.0 Å². The van der Waals surface area contributed by atoms with Crippen molar-refractivity contribution >= 4 is 34.3 Å². The SMILES string of the molecule is CC.CC.O=C(O)Nc1cnc2ccc(Nc3ccccc3)cc2n1. The standard InChI is InChI=1S/C15H12N4O2.2C2H6/c20-15(21)19-14-9-16-12-7-6-11(8-13(12)18-14)17-10-4-2-1-3-5-10;2*1-2/h1-9,17H,(H,18,19)(H,20,21);2*1-2H3. The maximum Gasteiger partial charge on any atom is 0.410 e. The van der Waals surface area contributed by atoms with Crippen LogP contribution in [0.2, 0.25) is 0 Å². The molecule has 132 valence electrons. The summed E-state index contributed by atoms with van der Waals surface area (Å²) in [4.78, 5) is 19.0. The molecule has 0 aliphatic rings.